The number of nitrogens with one attached hydrogen (secondary N) is 1. The van der Waals surface area contributed by atoms with Crippen molar-refractivity contribution >= 4 is 29.1 Å². The van der Waals surface area contributed by atoms with Crippen LogP contribution in [0.15, 0.2) is 42.5 Å². The van der Waals surface area contributed by atoms with E-state index in [-0.39, 0.29) is 18.4 Å². The average molecular weight is 347 g/mol. The van der Waals surface area contributed by atoms with Crippen molar-refractivity contribution in [3.8, 4) is 5.75 Å². The fraction of sp³-hybridized carbons (Fsp3) is 0.222. The maximum absolute atomic E-state index is 12.1. The number of aryl methyl sites for hydroxylation is 1. The Labute approximate surface area is 146 Å². The first-order chi connectivity index (χ1) is 11.4. The quantitative estimate of drug-likeness (QED) is 0.903. The van der Waals surface area contributed by atoms with E-state index >= 15 is 0 Å². The summed E-state index contributed by atoms with van der Waals surface area (Å²) >= 11 is 5.95. The first-order valence-corrected chi connectivity index (χ1v) is 7.75. The summed E-state index contributed by atoms with van der Waals surface area (Å²) in [6, 6.07) is 12.0. The molecule has 0 aliphatic rings. The van der Waals surface area contributed by atoms with Crippen LogP contribution >= 0.6 is 11.6 Å². The summed E-state index contributed by atoms with van der Waals surface area (Å²) in [5, 5.41) is 3.35. The predicted octanol–water partition coefficient (Wildman–Crippen LogP) is 3.37. The third-order valence-corrected chi connectivity index (χ3v) is 3.76. The van der Waals surface area contributed by atoms with Crippen molar-refractivity contribution in [2.45, 2.75) is 6.92 Å². The molecule has 0 aromatic heterocycles. The first-order valence-electron chi connectivity index (χ1n) is 7.38. The molecule has 2 rings (SSSR count). The predicted molar refractivity (Wildman–Crippen MR) is 94.8 cm³/mol. The van der Waals surface area contributed by atoms with Gasteiger partial charge in [-0.15, -0.1) is 0 Å². The Balaban J connectivity index is 2.02. The molecule has 24 heavy (non-hydrogen) atoms. The van der Waals surface area contributed by atoms with Gasteiger partial charge in [-0.2, -0.15) is 0 Å². The van der Waals surface area contributed by atoms with Gasteiger partial charge in [-0.05, 0) is 42.8 Å². The zero-order chi connectivity index (χ0) is 17.7. The number of amides is 2. The summed E-state index contributed by atoms with van der Waals surface area (Å²) in [7, 11) is 3.32. The zero-order valence-electron chi connectivity index (χ0n) is 13.8. The van der Waals surface area contributed by atoms with Crippen LogP contribution in [0, 0.1) is 6.92 Å². The van der Waals surface area contributed by atoms with E-state index in [0.29, 0.717) is 22.0 Å². The van der Waals surface area contributed by atoms with Crippen LogP contribution in [0.25, 0.3) is 0 Å². The molecule has 0 fully saturated rings. The van der Waals surface area contributed by atoms with Gasteiger partial charge < -0.3 is 15.0 Å². The molecule has 0 saturated carbocycles. The number of anilines is 1. The van der Waals surface area contributed by atoms with Gasteiger partial charge in [0.15, 0.2) is 6.61 Å². The topological polar surface area (TPSA) is 58.6 Å². The molecule has 2 aromatic carbocycles. The number of benzene rings is 2. The minimum Gasteiger partial charge on any atom is -0.484 e. The number of ether oxygens (including phenoxy) is 1. The number of hydrogen-bond acceptors (Lipinski definition) is 3. The van der Waals surface area contributed by atoms with Gasteiger partial charge in [0.1, 0.15) is 5.75 Å². The Morgan fingerprint density at radius 1 is 1.17 bits per heavy atom. The van der Waals surface area contributed by atoms with Gasteiger partial charge in [-0.25, -0.2) is 0 Å². The number of carbonyl (C=O) groups is 2. The molecule has 0 heterocycles. The molecule has 0 aliphatic carbocycles. The summed E-state index contributed by atoms with van der Waals surface area (Å²) in [6.07, 6.45) is 0. The molecule has 0 atom stereocenters. The lowest BCUT2D eigenvalue weighted by Crippen LogP contribution is -2.25. The van der Waals surface area contributed by atoms with E-state index in [1.165, 1.54) is 4.90 Å². The summed E-state index contributed by atoms with van der Waals surface area (Å²) < 4.78 is 5.46. The standard InChI is InChI=1S/C18H19ClN2O3/c1-12-10-13(8-9-15(12)19)24-11-17(22)20-16-7-5-4-6-14(16)18(23)21(2)3/h4-10H,11H2,1-3H3,(H,20,22). The first kappa shape index (κ1) is 17.8. The monoisotopic (exact) mass is 346 g/mol. The van der Waals surface area contributed by atoms with Crippen LogP contribution in [0.5, 0.6) is 5.75 Å². The van der Waals surface area contributed by atoms with E-state index in [9.17, 15) is 9.59 Å². The molecule has 0 aliphatic heterocycles. The zero-order valence-corrected chi connectivity index (χ0v) is 14.6. The van der Waals surface area contributed by atoms with E-state index < -0.39 is 0 Å². The summed E-state index contributed by atoms with van der Waals surface area (Å²) in [4.78, 5) is 25.7. The number of nitrogens with zero attached hydrogens (tertiary/aromatic N) is 1. The number of rotatable bonds is 5. The van der Waals surface area contributed by atoms with E-state index in [1.807, 2.05) is 6.92 Å². The molecule has 0 spiro atoms. The summed E-state index contributed by atoms with van der Waals surface area (Å²) in [5.41, 5.74) is 1.76. The normalized spacial score (nSPS) is 10.2. The highest BCUT2D eigenvalue weighted by molar-refractivity contribution is 6.31. The molecule has 126 valence electrons. The molecule has 1 N–H and O–H groups in total. The molecule has 0 radical (unpaired) electrons. The van der Waals surface area contributed by atoms with Gasteiger partial charge >= 0.3 is 0 Å². The molecule has 5 nitrogen and oxygen atoms in total. The molecule has 2 amide bonds. The molecule has 0 bridgehead atoms. The number of halogens is 1. The molecule has 2 aromatic rings. The highest BCUT2D eigenvalue weighted by Crippen LogP contribution is 2.21. The lowest BCUT2D eigenvalue weighted by Gasteiger charge is -2.15. The van der Waals surface area contributed by atoms with Crippen molar-refractivity contribution in [3.63, 3.8) is 0 Å². The lowest BCUT2D eigenvalue weighted by molar-refractivity contribution is -0.118. The fourth-order valence-corrected chi connectivity index (χ4v) is 2.18. The van der Waals surface area contributed by atoms with Crippen LogP contribution in [-0.2, 0) is 4.79 Å². The smallest absolute Gasteiger partial charge is 0.262 e. The molecular weight excluding hydrogens is 328 g/mol. The van der Waals surface area contributed by atoms with Crippen LogP contribution in [0.3, 0.4) is 0 Å². The van der Waals surface area contributed by atoms with Gasteiger partial charge in [0.25, 0.3) is 11.8 Å². The van der Waals surface area contributed by atoms with E-state index in [2.05, 4.69) is 5.32 Å². The Morgan fingerprint density at radius 2 is 1.88 bits per heavy atom. The van der Waals surface area contributed by atoms with Crippen molar-refractivity contribution in [1.29, 1.82) is 0 Å². The van der Waals surface area contributed by atoms with Gasteiger partial charge in [0.2, 0.25) is 0 Å². The van der Waals surface area contributed by atoms with Crippen molar-refractivity contribution < 1.29 is 14.3 Å². The lowest BCUT2D eigenvalue weighted by atomic mass is 10.1. The molecule has 6 heteroatoms. The van der Waals surface area contributed by atoms with Gasteiger partial charge in [0, 0.05) is 19.1 Å². The number of para-hydroxylation sites is 1. The fourth-order valence-electron chi connectivity index (χ4n) is 2.06. The Morgan fingerprint density at radius 3 is 2.54 bits per heavy atom. The largest absolute Gasteiger partial charge is 0.484 e. The van der Waals surface area contributed by atoms with Crippen LogP contribution in [0.1, 0.15) is 15.9 Å². The van der Waals surface area contributed by atoms with Crippen molar-refractivity contribution in [2.75, 3.05) is 26.0 Å². The second-order valence-electron chi connectivity index (χ2n) is 5.49. The second kappa shape index (κ2) is 7.84. The second-order valence-corrected chi connectivity index (χ2v) is 5.90. The SMILES string of the molecule is Cc1cc(OCC(=O)Nc2ccccc2C(=O)N(C)C)ccc1Cl. The van der Waals surface area contributed by atoms with Crippen molar-refractivity contribution in [3.05, 3.63) is 58.6 Å². The van der Waals surface area contributed by atoms with Crippen molar-refractivity contribution in [2.24, 2.45) is 0 Å². The third-order valence-electron chi connectivity index (χ3n) is 3.34. The molecule has 0 unspecified atom stereocenters. The van der Waals surface area contributed by atoms with E-state index in [0.717, 1.165) is 5.56 Å². The Bertz CT molecular complexity index is 760. The van der Waals surface area contributed by atoms with Crippen LogP contribution < -0.4 is 10.1 Å². The van der Waals surface area contributed by atoms with Crippen LogP contribution in [-0.4, -0.2) is 37.4 Å². The van der Waals surface area contributed by atoms with Crippen LogP contribution in [0.4, 0.5) is 5.69 Å². The van der Waals surface area contributed by atoms with E-state index in [4.69, 9.17) is 16.3 Å². The van der Waals surface area contributed by atoms with E-state index in [1.54, 1.807) is 56.6 Å². The Hall–Kier alpha value is -2.53. The molecular formula is C18H19ClN2O3. The summed E-state index contributed by atoms with van der Waals surface area (Å²) in [5.74, 6) is 0.0338. The maximum Gasteiger partial charge on any atom is 0.262 e. The van der Waals surface area contributed by atoms with Crippen molar-refractivity contribution in [1.82, 2.24) is 4.90 Å². The highest BCUT2D eigenvalue weighted by atomic mass is 35.5. The molecule has 0 saturated heterocycles. The number of hydrogen-bond donors (Lipinski definition) is 1. The summed E-state index contributed by atoms with van der Waals surface area (Å²) in [6.45, 7) is 1.70. The third kappa shape index (κ3) is 4.49. The minimum atomic E-state index is -0.346. The van der Waals surface area contributed by atoms with Crippen LogP contribution in [0.2, 0.25) is 5.02 Å². The highest BCUT2D eigenvalue weighted by Gasteiger charge is 2.14. The van der Waals surface area contributed by atoms with Gasteiger partial charge in [-0.3, -0.25) is 9.59 Å². The maximum atomic E-state index is 12.1. The van der Waals surface area contributed by atoms with Gasteiger partial charge in [-0.1, -0.05) is 23.7 Å². The Kier molecular flexibility index (Phi) is 5.82. The van der Waals surface area contributed by atoms with Gasteiger partial charge in [0.05, 0.1) is 11.3 Å². The average Bonchev–Trinajstić information content (AvgIpc) is 2.55. The number of carbonyl (C=O) groups excluding carboxylic acids is 2. The minimum absolute atomic E-state index is 0.161.